The molecule has 0 radical (unpaired) electrons. The zero-order valence-electron chi connectivity index (χ0n) is 8.82. The van der Waals surface area contributed by atoms with Gasteiger partial charge in [-0.2, -0.15) is 4.98 Å². The summed E-state index contributed by atoms with van der Waals surface area (Å²) in [6, 6.07) is 7.53. The van der Waals surface area contributed by atoms with Crippen molar-refractivity contribution >= 4 is 34.7 Å². The van der Waals surface area contributed by atoms with Gasteiger partial charge in [-0.1, -0.05) is 23.7 Å². The third-order valence-corrected chi connectivity index (χ3v) is 2.55. The van der Waals surface area contributed by atoms with E-state index in [1.54, 1.807) is 0 Å². The molecule has 4 nitrogen and oxygen atoms in total. The van der Waals surface area contributed by atoms with Crippen molar-refractivity contribution in [1.29, 1.82) is 0 Å². The summed E-state index contributed by atoms with van der Waals surface area (Å²) in [5.41, 5.74) is 7.20. The zero-order valence-corrected chi connectivity index (χ0v) is 10.3. The Labute approximate surface area is 109 Å². The highest BCUT2D eigenvalue weighted by molar-refractivity contribution is 6.30. The van der Waals surface area contributed by atoms with Crippen molar-refractivity contribution in [2.75, 3.05) is 11.1 Å². The van der Waals surface area contributed by atoms with E-state index in [0.29, 0.717) is 23.1 Å². The van der Waals surface area contributed by atoms with Gasteiger partial charge in [0.2, 0.25) is 5.28 Å². The van der Waals surface area contributed by atoms with Gasteiger partial charge in [0.1, 0.15) is 0 Å². The Hall–Kier alpha value is -1.52. The van der Waals surface area contributed by atoms with Crippen molar-refractivity contribution in [1.82, 2.24) is 9.97 Å². The van der Waals surface area contributed by atoms with Crippen LogP contribution in [0.1, 0.15) is 5.56 Å². The van der Waals surface area contributed by atoms with Gasteiger partial charge in [0.05, 0.1) is 11.9 Å². The van der Waals surface area contributed by atoms with E-state index in [0.717, 1.165) is 5.56 Å². The van der Waals surface area contributed by atoms with Crippen LogP contribution in [0.15, 0.2) is 30.5 Å². The maximum absolute atomic E-state index is 5.88. The van der Waals surface area contributed by atoms with Crippen LogP contribution < -0.4 is 11.1 Å². The molecule has 0 bridgehead atoms. The first-order valence-electron chi connectivity index (χ1n) is 4.91. The maximum atomic E-state index is 5.88. The van der Waals surface area contributed by atoms with Gasteiger partial charge in [0.25, 0.3) is 0 Å². The average molecular weight is 269 g/mol. The van der Waals surface area contributed by atoms with Gasteiger partial charge >= 0.3 is 0 Å². The Balaban J connectivity index is 2.09. The molecule has 0 spiro atoms. The standard InChI is InChI=1S/C11H10Cl2N4/c12-8-3-1-2-7(4-8)5-15-10-9(14)6-16-11(13)17-10/h1-4,6H,5,14H2,(H,15,16,17). The number of nitrogens with two attached hydrogens (primary N) is 1. The predicted octanol–water partition coefficient (Wildman–Crippen LogP) is 2.98. The summed E-state index contributed by atoms with van der Waals surface area (Å²) in [5, 5.41) is 3.93. The fourth-order valence-electron chi connectivity index (χ4n) is 1.34. The van der Waals surface area contributed by atoms with E-state index in [2.05, 4.69) is 15.3 Å². The third-order valence-electron chi connectivity index (χ3n) is 2.14. The smallest absolute Gasteiger partial charge is 0.224 e. The highest BCUT2D eigenvalue weighted by Crippen LogP contribution is 2.17. The van der Waals surface area contributed by atoms with Gasteiger partial charge in [-0.3, -0.25) is 0 Å². The first-order valence-corrected chi connectivity index (χ1v) is 5.67. The highest BCUT2D eigenvalue weighted by atomic mass is 35.5. The fraction of sp³-hybridized carbons (Fsp3) is 0.0909. The minimum Gasteiger partial charge on any atom is -0.394 e. The molecule has 0 unspecified atom stereocenters. The molecule has 1 aromatic carbocycles. The van der Waals surface area contributed by atoms with Gasteiger partial charge in [-0.05, 0) is 29.3 Å². The largest absolute Gasteiger partial charge is 0.394 e. The number of nitrogens with one attached hydrogen (secondary N) is 1. The predicted molar refractivity (Wildman–Crippen MR) is 70.2 cm³/mol. The molecule has 17 heavy (non-hydrogen) atoms. The van der Waals surface area contributed by atoms with Crippen LogP contribution in [0.3, 0.4) is 0 Å². The Morgan fingerprint density at radius 1 is 1.29 bits per heavy atom. The van der Waals surface area contributed by atoms with E-state index in [1.807, 2.05) is 24.3 Å². The molecule has 0 aliphatic rings. The van der Waals surface area contributed by atoms with E-state index in [1.165, 1.54) is 6.20 Å². The monoisotopic (exact) mass is 268 g/mol. The lowest BCUT2D eigenvalue weighted by Crippen LogP contribution is -2.05. The van der Waals surface area contributed by atoms with E-state index >= 15 is 0 Å². The zero-order chi connectivity index (χ0) is 12.3. The second kappa shape index (κ2) is 5.21. The first-order chi connectivity index (χ1) is 8.15. The van der Waals surface area contributed by atoms with E-state index in [-0.39, 0.29) is 5.28 Å². The van der Waals surface area contributed by atoms with Crippen molar-refractivity contribution in [3.8, 4) is 0 Å². The van der Waals surface area contributed by atoms with Gasteiger partial charge in [-0.25, -0.2) is 4.98 Å². The maximum Gasteiger partial charge on any atom is 0.224 e. The second-order valence-corrected chi connectivity index (χ2v) is 4.20. The van der Waals surface area contributed by atoms with E-state index in [4.69, 9.17) is 28.9 Å². The molecule has 0 amide bonds. The molecule has 0 saturated carbocycles. The lowest BCUT2D eigenvalue weighted by molar-refractivity contribution is 1.08. The molecule has 2 aromatic rings. The molecule has 1 aromatic heterocycles. The number of anilines is 2. The topological polar surface area (TPSA) is 63.8 Å². The molecule has 3 N–H and O–H groups in total. The van der Waals surface area contributed by atoms with Crippen LogP contribution in [0.4, 0.5) is 11.5 Å². The third kappa shape index (κ3) is 3.22. The van der Waals surface area contributed by atoms with Gasteiger partial charge < -0.3 is 11.1 Å². The molecule has 1 heterocycles. The van der Waals surface area contributed by atoms with Crippen LogP contribution in [0.2, 0.25) is 10.3 Å². The number of benzene rings is 1. The molecule has 6 heteroatoms. The van der Waals surface area contributed by atoms with Crippen molar-refractivity contribution in [3.05, 3.63) is 46.3 Å². The summed E-state index contributed by atoms with van der Waals surface area (Å²) < 4.78 is 0. The summed E-state index contributed by atoms with van der Waals surface area (Å²) in [6.45, 7) is 0.568. The molecule has 88 valence electrons. The summed E-state index contributed by atoms with van der Waals surface area (Å²) in [7, 11) is 0. The number of nitrogens with zero attached hydrogens (tertiary/aromatic N) is 2. The summed E-state index contributed by atoms with van der Waals surface area (Å²) in [6.07, 6.45) is 1.47. The summed E-state index contributed by atoms with van der Waals surface area (Å²) in [5.74, 6) is 0.518. The molecule has 0 saturated heterocycles. The summed E-state index contributed by atoms with van der Waals surface area (Å²) >= 11 is 11.6. The van der Waals surface area contributed by atoms with E-state index in [9.17, 15) is 0 Å². The normalized spacial score (nSPS) is 10.2. The first kappa shape index (κ1) is 12.0. The molecule has 0 fully saturated rings. The number of nitrogen functional groups attached to an aromatic ring is 1. The quantitative estimate of drug-likeness (QED) is 0.841. The lowest BCUT2D eigenvalue weighted by Gasteiger charge is -2.08. The number of halogens is 2. The number of hydrogen-bond acceptors (Lipinski definition) is 4. The lowest BCUT2D eigenvalue weighted by atomic mass is 10.2. The molecular weight excluding hydrogens is 259 g/mol. The Morgan fingerprint density at radius 2 is 2.12 bits per heavy atom. The highest BCUT2D eigenvalue weighted by Gasteiger charge is 2.02. The molecular formula is C11H10Cl2N4. The summed E-state index contributed by atoms with van der Waals surface area (Å²) in [4.78, 5) is 7.77. The Kier molecular flexibility index (Phi) is 3.66. The number of rotatable bonds is 3. The van der Waals surface area contributed by atoms with Crippen molar-refractivity contribution < 1.29 is 0 Å². The Bertz CT molecular complexity index is 531. The van der Waals surface area contributed by atoms with Gasteiger partial charge in [0.15, 0.2) is 5.82 Å². The van der Waals surface area contributed by atoms with Crippen molar-refractivity contribution in [2.45, 2.75) is 6.54 Å². The van der Waals surface area contributed by atoms with Crippen LogP contribution in [0, 0.1) is 0 Å². The number of aromatic nitrogens is 2. The van der Waals surface area contributed by atoms with Crippen LogP contribution in [0.25, 0.3) is 0 Å². The molecule has 0 aliphatic heterocycles. The SMILES string of the molecule is Nc1cnc(Cl)nc1NCc1cccc(Cl)c1. The van der Waals surface area contributed by atoms with Crippen LogP contribution in [0.5, 0.6) is 0 Å². The molecule has 2 rings (SSSR count). The van der Waals surface area contributed by atoms with Crippen molar-refractivity contribution in [2.24, 2.45) is 0 Å². The minimum absolute atomic E-state index is 0.160. The van der Waals surface area contributed by atoms with E-state index < -0.39 is 0 Å². The number of hydrogen-bond donors (Lipinski definition) is 2. The van der Waals surface area contributed by atoms with Gasteiger partial charge in [0, 0.05) is 11.6 Å². The average Bonchev–Trinajstić information content (AvgIpc) is 2.30. The van der Waals surface area contributed by atoms with Crippen LogP contribution in [-0.4, -0.2) is 9.97 Å². The van der Waals surface area contributed by atoms with Crippen LogP contribution in [-0.2, 0) is 6.54 Å². The second-order valence-electron chi connectivity index (χ2n) is 3.43. The minimum atomic E-state index is 0.160. The fourth-order valence-corrected chi connectivity index (χ4v) is 1.69. The van der Waals surface area contributed by atoms with Crippen LogP contribution >= 0.6 is 23.2 Å². The Morgan fingerprint density at radius 3 is 2.88 bits per heavy atom. The van der Waals surface area contributed by atoms with Gasteiger partial charge in [-0.15, -0.1) is 0 Å². The molecule has 0 atom stereocenters. The molecule has 0 aliphatic carbocycles. The van der Waals surface area contributed by atoms with Crippen molar-refractivity contribution in [3.63, 3.8) is 0 Å².